The van der Waals surface area contributed by atoms with Crippen LogP contribution >= 0.6 is 0 Å². The van der Waals surface area contributed by atoms with Crippen LogP contribution in [0.4, 0.5) is 0 Å². The SMILES string of the molecule is CC(C)(C)[Si](OC[C@H](c1ccccc1)N1C(=O)[C@@H](N2C(=O)c3ccccc3C2=O)[C@H]1C(=O)O)(c1ccccc1)c1ccccc1. The van der Waals surface area contributed by atoms with Crippen LogP contribution in [0, 0.1) is 0 Å². The number of rotatable bonds is 9. The number of β-lactam (4-membered cyclic amide) rings is 1. The lowest BCUT2D eigenvalue weighted by Crippen LogP contribution is -2.75. The van der Waals surface area contributed by atoms with E-state index in [1.54, 1.807) is 12.1 Å². The molecule has 0 saturated carbocycles. The molecule has 0 aliphatic carbocycles. The lowest BCUT2D eigenvalue weighted by Gasteiger charge is -2.52. The summed E-state index contributed by atoms with van der Waals surface area (Å²) in [5.74, 6) is -3.25. The maximum Gasteiger partial charge on any atom is 0.329 e. The van der Waals surface area contributed by atoms with E-state index < -0.39 is 50.1 Å². The van der Waals surface area contributed by atoms with Gasteiger partial charge in [0.25, 0.3) is 20.1 Å². The van der Waals surface area contributed by atoms with E-state index >= 15 is 0 Å². The first kappa shape index (κ1) is 30.2. The molecule has 2 aliphatic heterocycles. The number of fused-ring (bicyclic) bond motifs is 1. The van der Waals surface area contributed by atoms with Crippen LogP contribution in [0.15, 0.2) is 115 Å². The van der Waals surface area contributed by atoms with Crippen LogP contribution in [0.1, 0.15) is 53.1 Å². The molecular formula is C36H34N2O6Si. The Morgan fingerprint density at radius 2 is 1.20 bits per heavy atom. The van der Waals surface area contributed by atoms with Crippen LogP contribution in [0.25, 0.3) is 0 Å². The molecule has 4 aromatic rings. The first-order valence-corrected chi connectivity index (χ1v) is 16.8. The quantitative estimate of drug-likeness (QED) is 0.171. The molecule has 3 amide bonds. The normalized spacial score (nSPS) is 18.9. The fraction of sp³-hybridized carbons (Fsp3) is 0.222. The van der Waals surface area contributed by atoms with E-state index in [-0.39, 0.29) is 22.8 Å². The van der Waals surface area contributed by atoms with Gasteiger partial charge < -0.3 is 14.4 Å². The molecule has 0 bridgehead atoms. The summed E-state index contributed by atoms with van der Waals surface area (Å²) < 4.78 is 7.17. The highest BCUT2D eigenvalue weighted by Gasteiger charge is 2.62. The predicted molar refractivity (Wildman–Crippen MR) is 172 cm³/mol. The van der Waals surface area contributed by atoms with Crippen molar-refractivity contribution < 1.29 is 28.7 Å². The predicted octanol–water partition coefficient (Wildman–Crippen LogP) is 4.26. The number of amides is 3. The van der Waals surface area contributed by atoms with Crippen molar-refractivity contribution in [2.45, 2.75) is 43.9 Å². The molecule has 1 fully saturated rings. The molecule has 3 atom stereocenters. The molecular weight excluding hydrogens is 584 g/mol. The molecule has 2 heterocycles. The van der Waals surface area contributed by atoms with Crippen molar-refractivity contribution in [2.75, 3.05) is 6.61 Å². The summed E-state index contributed by atoms with van der Waals surface area (Å²) in [6.07, 6.45) is 0. The van der Waals surface area contributed by atoms with Crippen molar-refractivity contribution >= 4 is 42.4 Å². The third-order valence-corrected chi connectivity index (χ3v) is 13.9. The van der Waals surface area contributed by atoms with Gasteiger partial charge >= 0.3 is 5.97 Å². The van der Waals surface area contributed by atoms with Crippen LogP contribution in [-0.4, -0.2) is 65.6 Å². The molecule has 6 rings (SSSR count). The lowest BCUT2D eigenvalue weighted by atomic mass is 9.88. The molecule has 1 N–H and O–H groups in total. The number of carboxylic acid groups (broad SMARTS) is 1. The van der Waals surface area contributed by atoms with Gasteiger partial charge in [-0.15, -0.1) is 0 Å². The van der Waals surface area contributed by atoms with Crippen molar-refractivity contribution in [3.05, 3.63) is 132 Å². The van der Waals surface area contributed by atoms with Gasteiger partial charge in [-0.3, -0.25) is 19.3 Å². The largest absolute Gasteiger partial charge is 0.480 e. The molecule has 1 saturated heterocycles. The Hall–Kier alpha value is -4.86. The number of carbonyl (C=O) groups excluding carboxylic acids is 3. The summed E-state index contributed by atoms with van der Waals surface area (Å²) in [5.41, 5.74) is 1.01. The van der Waals surface area contributed by atoms with Crippen LogP contribution in [-0.2, 0) is 14.0 Å². The molecule has 0 unspecified atom stereocenters. The Kier molecular flexibility index (Phi) is 7.76. The highest BCUT2D eigenvalue weighted by atomic mass is 28.4. The second-order valence-corrected chi connectivity index (χ2v) is 16.7. The summed E-state index contributed by atoms with van der Waals surface area (Å²) in [4.78, 5) is 55.6. The molecule has 228 valence electrons. The third kappa shape index (κ3) is 4.88. The van der Waals surface area contributed by atoms with Crippen molar-refractivity contribution in [2.24, 2.45) is 0 Å². The van der Waals surface area contributed by atoms with Crippen LogP contribution in [0.5, 0.6) is 0 Å². The van der Waals surface area contributed by atoms with Gasteiger partial charge in [0.05, 0.1) is 23.8 Å². The number of imide groups is 1. The highest BCUT2D eigenvalue weighted by molar-refractivity contribution is 6.99. The van der Waals surface area contributed by atoms with Gasteiger partial charge in [-0.05, 0) is 33.1 Å². The zero-order valence-corrected chi connectivity index (χ0v) is 26.3. The van der Waals surface area contributed by atoms with Gasteiger partial charge in [0.15, 0.2) is 12.1 Å². The number of carbonyl (C=O) groups is 4. The maximum absolute atomic E-state index is 14.1. The standard InChI is InChI=1S/C36H34N2O6Si/c1-36(2,3)45(25-17-9-5-10-18-25,26-19-11-6-12-20-26)44-23-29(24-15-7-4-8-16-24)37-31(35(42)43)30(34(37)41)38-32(39)27-21-13-14-22-28(27)33(38)40/h4-22,29-31H,23H2,1-3H3,(H,42,43)/t29-,30+,31+/m1/s1. The molecule has 8 nitrogen and oxygen atoms in total. The Morgan fingerprint density at radius 1 is 0.756 bits per heavy atom. The van der Waals surface area contributed by atoms with Crippen LogP contribution in [0.3, 0.4) is 0 Å². The zero-order valence-electron chi connectivity index (χ0n) is 25.3. The van der Waals surface area contributed by atoms with Gasteiger partial charge in [-0.2, -0.15) is 0 Å². The van der Waals surface area contributed by atoms with Gasteiger partial charge in [0.1, 0.15) is 0 Å². The van der Waals surface area contributed by atoms with Gasteiger partial charge in [0, 0.05) is 0 Å². The Balaban J connectivity index is 1.41. The van der Waals surface area contributed by atoms with E-state index in [0.717, 1.165) is 15.3 Å². The second kappa shape index (κ2) is 11.6. The fourth-order valence-corrected chi connectivity index (χ4v) is 11.3. The summed E-state index contributed by atoms with van der Waals surface area (Å²) in [7, 11) is -3.06. The van der Waals surface area contributed by atoms with Crippen molar-refractivity contribution in [3.63, 3.8) is 0 Å². The Labute approximate surface area is 263 Å². The third-order valence-electron chi connectivity index (χ3n) is 8.86. The van der Waals surface area contributed by atoms with E-state index in [1.807, 2.05) is 66.7 Å². The molecule has 45 heavy (non-hydrogen) atoms. The summed E-state index contributed by atoms with van der Waals surface area (Å²) in [6, 6.07) is 31.8. The molecule has 4 aromatic carbocycles. The highest BCUT2D eigenvalue weighted by Crippen LogP contribution is 2.41. The van der Waals surface area contributed by atoms with E-state index in [0.29, 0.717) is 5.56 Å². The van der Waals surface area contributed by atoms with Crippen LogP contribution in [0.2, 0.25) is 5.04 Å². The average molecular weight is 619 g/mol. The maximum atomic E-state index is 14.1. The van der Waals surface area contributed by atoms with E-state index in [4.69, 9.17) is 4.43 Å². The smallest absolute Gasteiger partial charge is 0.329 e. The molecule has 0 radical (unpaired) electrons. The first-order valence-electron chi connectivity index (χ1n) is 14.9. The van der Waals surface area contributed by atoms with Crippen molar-refractivity contribution in [1.82, 2.24) is 9.80 Å². The van der Waals surface area contributed by atoms with E-state index in [1.165, 1.54) is 17.0 Å². The molecule has 0 spiro atoms. The number of likely N-dealkylation sites (tertiary alicyclic amines) is 1. The monoisotopic (exact) mass is 618 g/mol. The number of hydrogen-bond donors (Lipinski definition) is 1. The van der Waals surface area contributed by atoms with Crippen molar-refractivity contribution in [3.8, 4) is 0 Å². The fourth-order valence-electron chi connectivity index (χ4n) is 6.79. The average Bonchev–Trinajstić information content (AvgIpc) is 3.28. The van der Waals surface area contributed by atoms with E-state index in [2.05, 4.69) is 45.0 Å². The van der Waals surface area contributed by atoms with Gasteiger partial charge in [-0.1, -0.05) is 124 Å². The summed E-state index contributed by atoms with van der Waals surface area (Å²) >= 11 is 0. The minimum atomic E-state index is -3.06. The first-order chi connectivity index (χ1) is 21.6. The number of nitrogens with zero attached hydrogens (tertiary/aromatic N) is 2. The van der Waals surface area contributed by atoms with E-state index in [9.17, 15) is 24.3 Å². The van der Waals surface area contributed by atoms with Crippen LogP contribution < -0.4 is 10.4 Å². The Bertz CT molecular complexity index is 1680. The minimum Gasteiger partial charge on any atom is -0.480 e. The molecule has 2 aliphatic rings. The summed E-state index contributed by atoms with van der Waals surface area (Å²) in [6.45, 7) is 6.43. The van der Waals surface area contributed by atoms with Gasteiger partial charge in [-0.25, -0.2) is 4.79 Å². The number of aliphatic carboxylic acids is 1. The summed E-state index contributed by atoms with van der Waals surface area (Å²) in [5, 5.41) is 12.2. The van der Waals surface area contributed by atoms with Crippen molar-refractivity contribution in [1.29, 1.82) is 0 Å². The number of hydrogen-bond acceptors (Lipinski definition) is 5. The topological polar surface area (TPSA) is 104 Å². The zero-order chi connectivity index (χ0) is 31.9. The van der Waals surface area contributed by atoms with Gasteiger partial charge in [0.2, 0.25) is 5.91 Å². The second-order valence-electron chi connectivity index (χ2n) is 12.4. The number of benzene rings is 4. The Morgan fingerprint density at radius 3 is 1.64 bits per heavy atom. The molecule has 0 aromatic heterocycles. The molecule has 9 heteroatoms. The minimum absolute atomic E-state index is 0.00164. The lowest BCUT2D eigenvalue weighted by molar-refractivity contribution is -0.175. The number of carboxylic acids is 1.